The predicted octanol–water partition coefficient (Wildman–Crippen LogP) is 4.98. The van der Waals surface area contributed by atoms with Crippen molar-refractivity contribution in [3.05, 3.63) is 66.2 Å². The first-order valence-electron chi connectivity index (χ1n) is 8.85. The van der Waals surface area contributed by atoms with Crippen LogP contribution in [0.1, 0.15) is 25.3 Å². The van der Waals surface area contributed by atoms with E-state index in [2.05, 4.69) is 15.3 Å². The summed E-state index contributed by atoms with van der Waals surface area (Å²) in [5.74, 6) is 2.33. The molecule has 3 rings (SSSR count). The molecule has 0 amide bonds. The summed E-state index contributed by atoms with van der Waals surface area (Å²) in [6, 6.07) is 15.6. The van der Waals surface area contributed by atoms with Crippen molar-refractivity contribution in [2.75, 3.05) is 5.32 Å². The highest BCUT2D eigenvalue weighted by Gasteiger charge is 2.06. The third-order valence-electron chi connectivity index (χ3n) is 3.77. The molecule has 0 unspecified atom stereocenters. The van der Waals surface area contributed by atoms with Crippen molar-refractivity contribution < 1.29 is 9.15 Å². The molecule has 0 bridgehead atoms. The molecule has 0 radical (unpaired) electrons. The fourth-order valence-electron chi connectivity index (χ4n) is 2.46. The van der Waals surface area contributed by atoms with Gasteiger partial charge in [0.25, 0.3) is 0 Å². The Morgan fingerprint density at radius 3 is 2.46 bits per heavy atom. The number of hydrogen-bond donors (Lipinski definition) is 2. The van der Waals surface area contributed by atoms with Gasteiger partial charge >= 0.3 is 0 Å². The number of anilines is 1. The number of nitrogens with zero attached hydrogens (tertiary/aromatic N) is 2. The van der Waals surface area contributed by atoms with Gasteiger partial charge in [-0.05, 0) is 45.0 Å². The Bertz CT molecular complexity index is 903. The summed E-state index contributed by atoms with van der Waals surface area (Å²) in [6.45, 7) is 6.29. The Balaban J connectivity index is 0.00000280. The van der Waals surface area contributed by atoms with E-state index in [1.807, 2.05) is 69.3 Å². The lowest BCUT2D eigenvalue weighted by Gasteiger charge is -2.10. The van der Waals surface area contributed by atoms with Gasteiger partial charge in [-0.15, -0.1) is 24.0 Å². The maximum absolute atomic E-state index is 5.95. The normalized spacial score (nSPS) is 11.2. The Morgan fingerprint density at radius 1 is 1.14 bits per heavy atom. The second kappa shape index (κ2) is 10.1. The molecule has 0 fully saturated rings. The van der Waals surface area contributed by atoms with Crippen LogP contribution < -0.4 is 15.8 Å². The third kappa shape index (κ3) is 6.26. The van der Waals surface area contributed by atoms with Gasteiger partial charge in [-0.3, -0.25) is 0 Å². The average Bonchev–Trinajstić information content (AvgIpc) is 3.11. The summed E-state index contributed by atoms with van der Waals surface area (Å²) in [7, 11) is 0. The highest BCUT2D eigenvalue weighted by atomic mass is 127. The number of nitrogens with two attached hydrogens (primary N) is 1. The Kier molecular flexibility index (Phi) is 7.86. The predicted molar refractivity (Wildman–Crippen MR) is 123 cm³/mol. The van der Waals surface area contributed by atoms with Crippen molar-refractivity contribution in [2.45, 2.75) is 33.4 Å². The molecule has 0 spiro atoms. The van der Waals surface area contributed by atoms with Crippen LogP contribution in [0, 0.1) is 6.92 Å². The molecule has 0 saturated carbocycles. The van der Waals surface area contributed by atoms with E-state index in [1.165, 1.54) is 5.56 Å². The summed E-state index contributed by atoms with van der Waals surface area (Å²) < 4.78 is 11.4. The molecule has 148 valence electrons. The van der Waals surface area contributed by atoms with Crippen LogP contribution in [0.3, 0.4) is 0 Å². The molecule has 1 aromatic heterocycles. The third-order valence-corrected chi connectivity index (χ3v) is 3.77. The molecule has 1 heterocycles. The smallest absolute Gasteiger partial charge is 0.216 e. The first-order chi connectivity index (χ1) is 13.0. The SMILES string of the molecule is Cc1ccc(-c2cnc(CN=C(N)Nc3ccc(OC(C)C)cc3)o2)cc1.I. The van der Waals surface area contributed by atoms with Gasteiger partial charge in [0.05, 0.1) is 12.3 Å². The summed E-state index contributed by atoms with van der Waals surface area (Å²) in [5.41, 5.74) is 8.96. The second-order valence-electron chi connectivity index (χ2n) is 6.50. The van der Waals surface area contributed by atoms with Crippen molar-refractivity contribution in [3.63, 3.8) is 0 Å². The number of oxazole rings is 1. The zero-order valence-electron chi connectivity index (χ0n) is 16.2. The molecule has 6 nitrogen and oxygen atoms in total. The number of nitrogens with one attached hydrogen (secondary N) is 1. The van der Waals surface area contributed by atoms with Crippen LogP contribution in [-0.2, 0) is 6.54 Å². The molecular formula is C21H25IN4O2. The van der Waals surface area contributed by atoms with E-state index >= 15 is 0 Å². The van der Waals surface area contributed by atoms with Crippen LogP contribution in [0.2, 0.25) is 0 Å². The summed E-state index contributed by atoms with van der Waals surface area (Å²) >= 11 is 0. The lowest BCUT2D eigenvalue weighted by molar-refractivity contribution is 0.242. The number of ether oxygens (including phenoxy) is 1. The van der Waals surface area contributed by atoms with E-state index in [1.54, 1.807) is 6.20 Å². The second-order valence-corrected chi connectivity index (χ2v) is 6.50. The van der Waals surface area contributed by atoms with Crippen LogP contribution in [0.4, 0.5) is 5.69 Å². The standard InChI is InChI=1S/C21H24N4O2.HI/c1-14(2)26-18-10-8-17(9-11-18)25-21(22)24-13-20-23-12-19(27-20)16-6-4-15(3)5-7-16;/h4-12,14H,13H2,1-3H3,(H3,22,24,25);1H. The van der Waals surface area contributed by atoms with Crippen LogP contribution in [0.25, 0.3) is 11.3 Å². The number of aliphatic imine (C=N–C) groups is 1. The van der Waals surface area contributed by atoms with Crippen LogP contribution >= 0.6 is 24.0 Å². The van der Waals surface area contributed by atoms with Gasteiger partial charge in [0.15, 0.2) is 11.7 Å². The first kappa shape index (κ1) is 21.7. The minimum absolute atomic E-state index is 0. The van der Waals surface area contributed by atoms with E-state index in [-0.39, 0.29) is 36.6 Å². The van der Waals surface area contributed by atoms with Crippen molar-refractivity contribution in [2.24, 2.45) is 10.7 Å². The molecule has 28 heavy (non-hydrogen) atoms. The zero-order valence-corrected chi connectivity index (χ0v) is 18.5. The Morgan fingerprint density at radius 2 is 1.82 bits per heavy atom. The largest absolute Gasteiger partial charge is 0.491 e. The van der Waals surface area contributed by atoms with E-state index < -0.39 is 0 Å². The van der Waals surface area contributed by atoms with Crippen molar-refractivity contribution in [1.29, 1.82) is 0 Å². The molecule has 3 N–H and O–H groups in total. The fourth-order valence-corrected chi connectivity index (χ4v) is 2.46. The first-order valence-corrected chi connectivity index (χ1v) is 8.85. The minimum atomic E-state index is 0. The molecule has 0 aliphatic heterocycles. The molecule has 3 aromatic rings. The van der Waals surface area contributed by atoms with Gasteiger partial charge in [0, 0.05) is 11.3 Å². The highest BCUT2D eigenvalue weighted by molar-refractivity contribution is 14.0. The molecule has 0 aliphatic rings. The molecule has 0 atom stereocenters. The molecule has 7 heteroatoms. The highest BCUT2D eigenvalue weighted by Crippen LogP contribution is 2.21. The van der Waals surface area contributed by atoms with Gasteiger partial charge in [-0.2, -0.15) is 0 Å². The average molecular weight is 492 g/mol. The van der Waals surface area contributed by atoms with Gasteiger partial charge < -0.3 is 20.2 Å². The van der Waals surface area contributed by atoms with Crippen molar-refractivity contribution >= 4 is 35.6 Å². The summed E-state index contributed by atoms with van der Waals surface area (Å²) in [6.07, 6.45) is 1.84. The number of aromatic nitrogens is 1. The summed E-state index contributed by atoms with van der Waals surface area (Å²) in [4.78, 5) is 8.54. The lowest BCUT2D eigenvalue weighted by Crippen LogP contribution is -2.22. The van der Waals surface area contributed by atoms with Crippen LogP contribution in [0.15, 0.2) is 64.1 Å². The van der Waals surface area contributed by atoms with Gasteiger partial charge in [0.2, 0.25) is 5.89 Å². The quantitative estimate of drug-likeness (QED) is 0.288. The Hall–Kier alpha value is -2.55. The number of aryl methyl sites for hydroxylation is 1. The zero-order chi connectivity index (χ0) is 19.2. The molecule has 0 aliphatic carbocycles. The van der Waals surface area contributed by atoms with Crippen molar-refractivity contribution in [1.82, 2.24) is 4.98 Å². The van der Waals surface area contributed by atoms with Gasteiger partial charge in [-0.25, -0.2) is 9.98 Å². The molecule has 2 aromatic carbocycles. The molecule has 0 saturated heterocycles. The van der Waals surface area contributed by atoms with E-state index in [4.69, 9.17) is 14.9 Å². The van der Waals surface area contributed by atoms with Crippen LogP contribution in [-0.4, -0.2) is 17.0 Å². The number of hydrogen-bond acceptors (Lipinski definition) is 4. The topological polar surface area (TPSA) is 85.7 Å². The Labute approximate surface area is 182 Å². The van der Waals surface area contributed by atoms with Gasteiger partial charge in [0.1, 0.15) is 12.3 Å². The minimum Gasteiger partial charge on any atom is -0.491 e. The maximum atomic E-state index is 5.95. The maximum Gasteiger partial charge on any atom is 0.216 e. The monoisotopic (exact) mass is 492 g/mol. The van der Waals surface area contributed by atoms with E-state index in [9.17, 15) is 0 Å². The number of guanidine groups is 1. The van der Waals surface area contributed by atoms with E-state index in [0.717, 1.165) is 17.0 Å². The van der Waals surface area contributed by atoms with Crippen LogP contribution in [0.5, 0.6) is 5.75 Å². The van der Waals surface area contributed by atoms with Crippen molar-refractivity contribution in [3.8, 4) is 17.1 Å². The van der Waals surface area contributed by atoms with Gasteiger partial charge in [-0.1, -0.05) is 29.8 Å². The fraction of sp³-hybridized carbons (Fsp3) is 0.238. The molecular weight excluding hydrogens is 467 g/mol. The van der Waals surface area contributed by atoms with E-state index in [0.29, 0.717) is 17.6 Å². The number of rotatable bonds is 6. The number of halogens is 1. The summed E-state index contributed by atoms with van der Waals surface area (Å²) in [5, 5.41) is 3.04. The lowest BCUT2D eigenvalue weighted by atomic mass is 10.1. The number of benzene rings is 2.